The number of hydrogen-bond donors (Lipinski definition) is 2. The lowest BCUT2D eigenvalue weighted by Crippen LogP contribution is -2.42. The molecule has 1 saturated carbocycles. The van der Waals surface area contributed by atoms with Gasteiger partial charge in [0.05, 0.1) is 10.2 Å². The first-order valence-corrected chi connectivity index (χ1v) is 8.59. The Kier molecular flexibility index (Phi) is 3.46. The van der Waals surface area contributed by atoms with Crippen LogP contribution >= 0.6 is 11.3 Å². The molecular formula is C15H19N5OS. The molecule has 1 aliphatic carbocycles. The summed E-state index contributed by atoms with van der Waals surface area (Å²) in [6.07, 6.45) is 5.85. The van der Waals surface area contributed by atoms with Crippen LogP contribution in [0.25, 0.3) is 10.2 Å². The number of hydrogen-bond acceptors (Lipinski definition) is 6. The van der Waals surface area contributed by atoms with Crippen molar-refractivity contribution in [3.63, 3.8) is 0 Å². The van der Waals surface area contributed by atoms with E-state index in [1.807, 2.05) is 6.07 Å². The van der Waals surface area contributed by atoms with Crippen LogP contribution < -0.4 is 16.0 Å². The van der Waals surface area contributed by atoms with E-state index < -0.39 is 0 Å². The molecule has 1 aliphatic heterocycles. The van der Waals surface area contributed by atoms with E-state index in [2.05, 4.69) is 15.2 Å². The van der Waals surface area contributed by atoms with Crippen LogP contribution in [-0.4, -0.2) is 35.0 Å². The molecule has 2 aliphatic rings. The molecule has 1 saturated heterocycles. The zero-order valence-electron chi connectivity index (χ0n) is 12.3. The number of nitrogens with one attached hydrogen (secondary N) is 1. The Morgan fingerprint density at radius 1 is 1.41 bits per heavy atom. The third-order valence-corrected chi connectivity index (χ3v) is 5.35. The minimum Gasteiger partial charge on any atom is -0.347 e. The van der Waals surface area contributed by atoms with Crippen molar-refractivity contribution >= 4 is 38.4 Å². The van der Waals surface area contributed by atoms with Crippen molar-refractivity contribution in [3.8, 4) is 0 Å². The standard InChI is InChI=1S/C15H19N5OS/c16-10-2-1-7-20(8-10)15-18-11-5-6-17-13(12(11)22-15)19-14(21)9-3-4-9/h5-6,9-10H,1-4,7-8,16H2,(H,17,19,21)/t10-/m1/s1. The van der Waals surface area contributed by atoms with E-state index in [4.69, 9.17) is 10.7 Å². The Bertz CT molecular complexity index is 711. The van der Waals surface area contributed by atoms with Gasteiger partial charge in [0.25, 0.3) is 0 Å². The van der Waals surface area contributed by atoms with E-state index in [0.717, 1.165) is 54.1 Å². The molecule has 22 heavy (non-hydrogen) atoms. The quantitative estimate of drug-likeness (QED) is 0.904. The molecule has 0 unspecified atom stereocenters. The van der Waals surface area contributed by atoms with E-state index in [0.29, 0.717) is 5.82 Å². The minimum atomic E-state index is 0.0787. The smallest absolute Gasteiger partial charge is 0.228 e. The molecule has 0 bridgehead atoms. The number of fused-ring (bicyclic) bond motifs is 1. The van der Waals surface area contributed by atoms with Crippen LogP contribution in [0.1, 0.15) is 25.7 Å². The molecule has 1 amide bonds. The van der Waals surface area contributed by atoms with Gasteiger partial charge in [0.2, 0.25) is 5.91 Å². The molecule has 3 N–H and O–H groups in total. The number of thiazole rings is 1. The Labute approximate surface area is 132 Å². The van der Waals surface area contributed by atoms with Crippen molar-refractivity contribution in [2.75, 3.05) is 23.3 Å². The summed E-state index contributed by atoms with van der Waals surface area (Å²) in [6.45, 7) is 1.84. The predicted molar refractivity (Wildman–Crippen MR) is 88.2 cm³/mol. The number of anilines is 2. The largest absolute Gasteiger partial charge is 0.347 e. The van der Waals surface area contributed by atoms with Crippen LogP contribution in [0, 0.1) is 5.92 Å². The van der Waals surface area contributed by atoms with Gasteiger partial charge >= 0.3 is 0 Å². The first kappa shape index (κ1) is 13.9. The predicted octanol–water partition coefficient (Wildman–Crippen LogP) is 1.97. The van der Waals surface area contributed by atoms with Gasteiger partial charge in [0.15, 0.2) is 10.9 Å². The van der Waals surface area contributed by atoms with Crippen LogP contribution in [0.2, 0.25) is 0 Å². The van der Waals surface area contributed by atoms with Crippen LogP contribution in [0.4, 0.5) is 10.9 Å². The number of pyridine rings is 1. The third-order valence-electron chi connectivity index (χ3n) is 4.21. The molecule has 2 aromatic rings. The molecule has 2 fully saturated rings. The van der Waals surface area contributed by atoms with Gasteiger partial charge in [-0.2, -0.15) is 0 Å². The van der Waals surface area contributed by atoms with Crippen molar-refractivity contribution < 1.29 is 4.79 Å². The van der Waals surface area contributed by atoms with E-state index in [1.165, 1.54) is 0 Å². The van der Waals surface area contributed by atoms with Crippen molar-refractivity contribution in [1.29, 1.82) is 0 Å². The van der Waals surface area contributed by atoms with Crippen LogP contribution in [-0.2, 0) is 4.79 Å². The van der Waals surface area contributed by atoms with Gasteiger partial charge in [0, 0.05) is 31.2 Å². The van der Waals surface area contributed by atoms with Gasteiger partial charge in [-0.1, -0.05) is 11.3 Å². The molecule has 0 spiro atoms. The van der Waals surface area contributed by atoms with E-state index in [9.17, 15) is 4.79 Å². The number of nitrogens with zero attached hydrogens (tertiary/aromatic N) is 3. The van der Waals surface area contributed by atoms with Crippen molar-refractivity contribution in [2.45, 2.75) is 31.7 Å². The molecule has 6 nitrogen and oxygen atoms in total. The zero-order valence-corrected chi connectivity index (χ0v) is 13.1. The summed E-state index contributed by atoms with van der Waals surface area (Å²) < 4.78 is 0.950. The van der Waals surface area contributed by atoms with Crippen molar-refractivity contribution in [3.05, 3.63) is 12.3 Å². The lowest BCUT2D eigenvalue weighted by molar-refractivity contribution is -0.117. The maximum atomic E-state index is 12.0. The fourth-order valence-corrected chi connectivity index (χ4v) is 3.86. The highest BCUT2D eigenvalue weighted by atomic mass is 32.1. The molecule has 1 atom stereocenters. The first-order chi connectivity index (χ1) is 10.7. The Hall–Kier alpha value is -1.73. The van der Waals surface area contributed by atoms with Crippen LogP contribution in [0.5, 0.6) is 0 Å². The van der Waals surface area contributed by atoms with E-state index in [1.54, 1.807) is 17.5 Å². The molecule has 0 aromatic carbocycles. The number of carbonyl (C=O) groups excluding carboxylic acids is 1. The molecule has 4 rings (SSSR count). The lowest BCUT2D eigenvalue weighted by Gasteiger charge is -2.30. The summed E-state index contributed by atoms with van der Waals surface area (Å²) in [4.78, 5) is 23.2. The second-order valence-electron chi connectivity index (χ2n) is 6.12. The SMILES string of the molecule is N[C@@H]1CCCN(c2nc3ccnc(NC(=O)C4CC4)c3s2)C1. The molecule has 7 heteroatoms. The number of amides is 1. The van der Waals surface area contributed by atoms with Gasteiger partial charge in [-0.15, -0.1) is 0 Å². The van der Waals surface area contributed by atoms with Gasteiger partial charge in [0.1, 0.15) is 0 Å². The molecule has 2 aromatic heterocycles. The topological polar surface area (TPSA) is 84.1 Å². The minimum absolute atomic E-state index is 0.0787. The van der Waals surface area contributed by atoms with Crippen molar-refractivity contribution in [1.82, 2.24) is 9.97 Å². The van der Waals surface area contributed by atoms with E-state index >= 15 is 0 Å². The summed E-state index contributed by atoms with van der Waals surface area (Å²) in [5.74, 6) is 0.888. The maximum Gasteiger partial charge on any atom is 0.228 e. The Morgan fingerprint density at radius 2 is 2.27 bits per heavy atom. The van der Waals surface area contributed by atoms with Gasteiger partial charge in [-0.25, -0.2) is 9.97 Å². The fraction of sp³-hybridized carbons (Fsp3) is 0.533. The summed E-state index contributed by atoms with van der Waals surface area (Å²) in [7, 11) is 0. The third kappa shape index (κ3) is 2.66. The summed E-state index contributed by atoms with van der Waals surface area (Å²) in [5.41, 5.74) is 6.95. The number of piperidine rings is 1. The molecular weight excluding hydrogens is 298 g/mol. The maximum absolute atomic E-state index is 12.0. The van der Waals surface area contributed by atoms with Gasteiger partial charge in [-0.3, -0.25) is 4.79 Å². The molecule has 116 valence electrons. The van der Waals surface area contributed by atoms with Gasteiger partial charge in [-0.05, 0) is 31.7 Å². The second-order valence-corrected chi connectivity index (χ2v) is 7.09. The normalized spacial score (nSPS) is 22.0. The summed E-state index contributed by atoms with van der Waals surface area (Å²) in [6, 6.07) is 2.11. The highest BCUT2D eigenvalue weighted by Crippen LogP contribution is 2.35. The summed E-state index contributed by atoms with van der Waals surface area (Å²) in [5, 5.41) is 3.92. The van der Waals surface area contributed by atoms with Gasteiger partial charge < -0.3 is 16.0 Å². The monoisotopic (exact) mass is 317 g/mol. The fourth-order valence-electron chi connectivity index (χ4n) is 2.82. The van der Waals surface area contributed by atoms with Crippen molar-refractivity contribution in [2.24, 2.45) is 11.7 Å². The average Bonchev–Trinajstić information content (AvgIpc) is 3.26. The number of aromatic nitrogens is 2. The lowest BCUT2D eigenvalue weighted by atomic mass is 10.1. The number of rotatable bonds is 3. The number of nitrogens with two attached hydrogens (primary N) is 1. The average molecular weight is 317 g/mol. The summed E-state index contributed by atoms with van der Waals surface area (Å²) >= 11 is 1.59. The Morgan fingerprint density at radius 3 is 3.05 bits per heavy atom. The second kappa shape index (κ2) is 5.48. The number of carbonyl (C=O) groups is 1. The molecule has 3 heterocycles. The van der Waals surface area contributed by atoms with E-state index in [-0.39, 0.29) is 17.9 Å². The highest BCUT2D eigenvalue weighted by molar-refractivity contribution is 7.22. The highest BCUT2D eigenvalue weighted by Gasteiger charge is 2.30. The zero-order chi connectivity index (χ0) is 15.1. The Balaban J connectivity index is 1.63. The first-order valence-electron chi connectivity index (χ1n) is 7.77. The van der Waals surface area contributed by atoms with Crippen LogP contribution in [0.3, 0.4) is 0 Å². The van der Waals surface area contributed by atoms with Crippen LogP contribution in [0.15, 0.2) is 12.3 Å². The molecule has 0 radical (unpaired) electrons.